The van der Waals surface area contributed by atoms with E-state index in [9.17, 15) is 0 Å². The van der Waals surface area contributed by atoms with Crippen LogP contribution in [0.4, 0.5) is 5.69 Å². The highest BCUT2D eigenvalue weighted by atomic mass is 79.9. The number of benzene rings is 2. The van der Waals surface area contributed by atoms with E-state index in [4.69, 9.17) is 4.74 Å². The maximum atomic E-state index is 5.15. The molecular weight excluding hydrogens is 302 g/mol. The molecule has 1 N–H and O–H groups in total. The number of halogens is 1. The lowest BCUT2D eigenvalue weighted by Crippen LogP contribution is -2.00. The highest BCUT2D eigenvalue weighted by Crippen LogP contribution is 2.20. The molecule has 0 radical (unpaired) electrons. The molecule has 0 fully saturated rings. The molecule has 0 aliphatic carbocycles. The molecule has 19 heavy (non-hydrogen) atoms. The Morgan fingerprint density at radius 2 is 1.89 bits per heavy atom. The Balaban J connectivity index is 2.01. The molecule has 2 rings (SSSR count). The lowest BCUT2D eigenvalue weighted by molar-refractivity contribution is 0.185. The number of hydrogen-bond donors (Lipinski definition) is 1. The van der Waals surface area contributed by atoms with Crippen LogP contribution >= 0.6 is 15.9 Å². The van der Waals surface area contributed by atoms with Crippen molar-refractivity contribution in [3.05, 3.63) is 63.6 Å². The smallest absolute Gasteiger partial charge is 0.0713 e. The lowest BCUT2D eigenvalue weighted by atomic mass is 10.1. The Morgan fingerprint density at radius 1 is 1.11 bits per heavy atom. The minimum Gasteiger partial charge on any atom is -0.381 e. The largest absolute Gasteiger partial charge is 0.381 e. The molecule has 3 heteroatoms. The summed E-state index contributed by atoms with van der Waals surface area (Å²) in [7, 11) is 1.72. The zero-order valence-electron chi connectivity index (χ0n) is 11.2. The van der Waals surface area contributed by atoms with Crippen molar-refractivity contribution in [2.75, 3.05) is 12.4 Å². The van der Waals surface area contributed by atoms with Crippen LogP contribution in [-0.2, 0) is 17.9 Å². The molecule has 0 amide bonds. The third-order valence-electron chi connectivity index (χ3n) is 2.96. The zero-order chi connectivity index (χ0) is 13.7. The molecule has 0 aromatic heterocycles. The Bertz CT molecular complexity index is 554. The molecule has 0 atom stereocenters. The van der Waals surface area contributed by atoms with Gasteiger partial charge >= 0.3 is 0 Å². The van der Waals surface area contributed by atoms with Crippen molar-refractivity contribution in [2.45, 2.75) is 20.1 Å². The first-order chi connectivity index (χ1) is 9.19. The van der Waals surface area contributed by atoms with E-state index in [0.29, 0.717) is 6.61 Å². The summed E-state index contributed by atoms with van der Waals surface area (Å²) in [5.74, 6) is 0. The van der Waals surface area contributed by atoms with Gasteiger partial charge in [-0.05, 0) is 41.8 Å². The second kappa shape index (κ2) is 6.73. The van der Waals surface area contributed by atoms with Crippen molar-refractivity contribution < 1.29 is 4.74 Å². The van der Waals surface area contributed by atoms with Gasteiger partial charge in [-0.25, -0.2) is 0 Å². The minimum atomic E-state index is 0.658. The summed E-state index contributed by atoms with van der Waals surface area (Å²) in [4.78, 5) is 0. The van der Waals surface area contributed by atoms with Crippen LogP contribution in [0.2, 0.25) is 0 Å². The van der Waals surface area contributed by atoms with Gasteiger partial charge in [0.25, 0.3) is 0 Å². The standard InChI is InChI=1S/C16H18BrNO/c1-12-8-15(6-7-16(12)17)18-10-13-4-3-5-14(9-13)11-19-2/h3-9,18H,10-11H2,1-2H3. The summed E-state index contributed by atoms with van der Waals surface area (Å²) in [5.41, 5.74) is 4.83. The first kappa shape index (κ1) is 14.1. The number of rotatable bonds is 5. The Hall–Kier alpha value is -1.32. The average Bonchev–Trinajstić information content (AvgIpc) is 2.41. The molecular formula is C16H18BrNO. The number of ether oxygens (including phenoxy) is 1. The highest BCUT2D eigenvalue weighted by molar-refractivity contribution is 9.10. The van der Waals surface area contributed by atoms with Crippen molar-refractivity contribution in [2.24, 2.45) is 0 Å². The van der Waals surface area contributed by atoms with Crippen LogP contribution in [0.3, 0.4) is 0 Å². The maximum absolute atomic E-state index is 5.15. The van der Waals surface area contributed by atoms with E-state index in [0.717, 1.165) is 16.7 Å². The van der Waals surface area contributed by atoms with Crippen LogP contribution in [0.15, 0.2) is 46.9 Å². The second-order valence-electron chi connectivity index (χ2n) is 4.57. The Kier molecular flexibility index (Phi) is 5.00. The number of methoxy groups -OCH3 is 1. The normalized spacial score (nSPS) is 10.5. The van der Waals surface area contributed by atoms with Gasteiger partial charge in [-0.1, -0.05) is 40.2 Å². The van der Waals surface area contributed by atoms with E-state index in [1.807, 2.05) is 0 Å². The SMILES string of the molecule is COCc1cccc(CNc2ccc(Br)c(C)c2)c1. The minimum absolute atomic E-state index is 0.658. The lowest BCUT2D eigenvalue weighted by Gasteiger charge is -2.09. The van der Waals surface area contributed by atoms with Gasteiger partial charge in [0.2, 0.25) is 0 Å². The van der Waals surface area contributed by atoms with Gasteiger partial charge in [0, 0.05) is 23.8 Å². The Morgan fingerprint density at radius 3 is 2.63 bits per heavy atom. The molecule has 0 saturated carbocycles. The fourth-order valence-corrected chi connectivity index (χ4v) is 2.20. The van der Waals surface area contributed by atoms with Crippen molar-refractivity contribution >= 4 is 21.6 Å². The molecule has 0 aliphatic rings. The zero-order valence-corrected chi connectivity index (χ0v) is 12.8. The van der Waals surface area contributed by atoms with Crippen LogP contribution in [-0.4, -0.2) is 7.11 Å². The number of hydrogen-bond acceptors (Lipinski definition) is 2. The van der Waals surface area contributed by atoms with Crippen LogP contribution in [0.25, 0.3) is 0 Å². The predicted octanol–water partition coefficient (Wildman–Crippen LogP) is 4.52. The van der Waals surface area contributed by atoms with Crippen LogP contribution in [0.1, 0.15) is 16.7 Å². The van der Waals surface area contributed by atoms with E-state index in [-0.39, 0.29) is 0 Å². The second-order valence-corrected chi connectivity index (χ2v) is 5.42. The maximum Gasteiger partial charge on any atom is 0.0713 e. The molecule has 0 heterocycles. The van der Waals surface area contributed by atoms with Gasteiger partial charge in [-0.3, -0.25) is 0 Å². The fourth-order valence-electron chi connectivity index (χ4n) is 1.95. The summed E-state index contributed by atoms with van der Waals surface area (Å²) >= 11 is 3.51. The van der Waals surface area contributed by atoms with Crippen molar-refractivity contribution in [3.8, 4) is 0 Å². The van der Waals surface area contributed by atoms with Gasteiger partial charge in [0.05, 0.1) is 6.61 Å². The van der Waals surface area contributed by atoms with E-state index >= 15 is 0 Å². The molecule has 2 nitrogen and oxygen atoms in total. The number of anilines is 1. The summed E-state index contributed by atoms with van der Waals surface area (Å²) in [6, 6.07) is 14.7. The first-order valence-electron chi connectivity index (χ1n) is 6.26. The summed E-state index contributed by atoms with van der Waals surface area (Å²) in [6.07, 6.45) is 0. The molecule has 0 bridgehead atoms. The highest BCUT2D eigenvalue weighted by Gasteiger charge is 1.99. The molecule has 0 unspecified atom stereocenters. The predicted molar refractivity (Wildman–Crippen MR) is 83.4 cm³/mol. The first-order valence-corrected chi connectivity index (χ1v) is 7.05. The van der Waals surface area contributed by atoms with Gasteiger partial charge in [0.15, 0.2) is 0 Å². The molecule has 2 aromatic rings. The van der Waals surface area contributed by atoms with Crippen molar-refractivity contribution in [1.82, 2.24) is 0 Å². The van der Waals surface area contributed by atoms with E-state index in [1.165, 1.54) is 16.7 Å². The fraction of sp³-hybridized carbons (Fsp3) is 0.250. The molecule has 0 spiro atoms. The third-order valence-corrected chi connectivity index (χ3v) is 3.85. The Labute approximate surface area is 122 Å². The van der Waals surface area contributed by atoms with Crippen LogP contribution in [0, 0.1) is 6.92 Å². The van der Waals surface area contributed by atoms with Crippen LogP contribution < -0.4 is 5.32 Å². The van der Waals surface area contributed by atoms with Crippen molar-refractivity contribution in [3.63, 3.8) is 0 Å². The third kappa shape index (κ3) is 4.08. The van der Waals surface area contributed by atoms with E-state index < -0.39 is 0 Å². The summed E-state index contributed by atoms with van der Waals surface area (Å²) in [5, 5.41) is 3.44. The van der Waals surface area contributed by atoms with Gasteiger partial charge in [0.1, 0.15) is 0 Å². The summed E-state index contributed by atoms with van der Waals surface area (Å²) in [6.45, 7) is 3.57. The summed E-state index contributed by atoms with van der Waals surface area (Å²) < 4.78 is 6.29. The molecule has 0 aliphatic heterocycles. The van der Waals surface area contributed by atoms with Crippen molar-refractivity contribution in [1.29, 1.82) is 0 Å². The number of aryl methyl sites for hydroxylation is 1. The molecule has 0 saturated heterocycles. The van der Waals surface area contributed by atoms with Gasteiger partial charge in [-0.15, -0.1) is 0 Å². The topological polar surface area (TPSA) is 21.3 Å². The van der Waals surface area contributed by atoms with Gasteiger partial charge < -0.3 is 10.1 Å². The van der Waals surface area contributed by atoms with E-state index in [2.05, 4.69) is 70.6 Å². The van der Waals surface area contributed by atoms with Crippen LogP contribution in [0.5, 0.6) is 0 Å². The quantitative estimate of drug-likeness (QED) is 0.875. The molecule has 100 valence electrons. The number of nitrogens with one attached hydrogen (secondary N) is 1. The van der Waals surface area contributed by atoms with E-state index in [1.54, 1.807) is 7.11 Å². The average molecular weight is 320 g/mol. The molecule has 2 aromatic carbocycles. The van der Waals surface area contributed by atoms with Gasteiger partial charge in [-0.2, -0.15) is 0 Å². The monoisotopic (exact) mass is 319 g/mol.